The monoisotopic (exact) mass is 197 g/mol. The first-order valence-corrected chi connectivity index (χ1v) is 6.02. The van der Waals surface area contributed by atoms with Crippen LogP contribution in [0.25, 0.3) is 0 Å². The molecule has 0 unspecified atom stereocenters. The molecule has 2 nitrogen and oxygen atoms in total. The second kappa shape index (κ2) is 6.99. The Labute approximate surface area is 87.5 Å². The quantitative estimate of drug-likeness (QED) is 0.753. The molecule has 0 bridgehead atoms. The molecular weight excluding hydrogens is 174 g/mol. The van der Waals surface area contributed by atoms with Crippen LogP contribution in [0.1, 0.15) is 51.4 Å². The summed E-state index contributed by atoms with van der Waals surface area (Å²) < 4.78 is 0. The highest BCUT2D eigenvalue weighted by molar-refractivity contribution is 5.84. The van der Waals surface area contributed by atoms with Gasteiger partial charge < -0.3 is 5.32 Å². The molecule has 0 spiro atoms. The van der Waals surface area contributed by atoms with E-state index in [1.165, 1.54) is 38.5 Å². The van der Waals surface area contributed by atoms with Crippen LogP contribution in [-0.4, -0.2) is 19.4 Å². The fraction of sp³-hybridized carbons (Fsp3) is 0.917. The fourth-order valence-corrected chi connectivity index (χ4v) is 1.78. The maximum Gasteiger partial charge on any atom is 0.149 e. The number of hydrogen-bond acceptors (Lipinski definition) is 2. The van der Waals surface area contributed by atoms with Crippen LogP contribution in [0.2, 0.25) is 0 Å². The first kappa shape index (κ1) is 11.7. The molecule has 0 aromatic carbocycles. The van der Waals surface area contributed by atoms with Crippen LogP contribution in [0.5, 0.6) is 0 Å². The van der Waals surface area contributed by atoms with Crippen molar-refractivity contribution < 1.29 is 4.79 Å². The third-order valence-corrected chi connectivity index (χ3v) is 2.88. The Morgan fingerprint density at radius 3 is 1.79 bits per heavy atom. The second-order valence-corrected chi connectivity index (χ2v) is 4.39. The third kappa shape index (κ3) is 5.38. The summed E-state index contributed by atoms with van der Waals surface area (Å²) >= 11 is 0. The summed E-state index contributed by atoms with van der Waals surface area (Å²) in [6.07, 6.45) is 11.3. The van der Waals surface area contributed by atoms with E-state index in [-0.39, 0.29) is 0 Å². The Balaban J connectivity index is 0.000000146. The summed E-state index contributed by atoms with van der Waals surface area (Å²) in [5, 5.41) is 2.84. The molecule has 0 amide bonds. The van der Waals surface area contributed by atoms with Crippen molar-refractivity contribution >= 4 is 5.78 Å². The number of ketones is 1. The van der Waals surface area contributed by atoms with Crippen molar-refractivity contribution in [3.05, 3.63) is 0 Å². The summed E-state index contributed by atoms with van der Waals surface area (Å²) in [6, 6.07) is 0. The summed E-state index contributed by atoms with van der Waals surface area (Å²) in [5.74, 6) is 0.801. The summed E-state index contributed by atoms with van der Waals surface area (Å²) in [5.41, 5.74) is 0. The largest absolute Gasteiger partial charge is 0.313 e. The van der Waals surface area contributed by atoms with Crippen LogP contribution < -0.4 is 5.32 Å². The molecule has 2 saturated carbocycles. The molecular formula is C12H23NO. The lowest BCUT2D eigenvalue weighted by Gasteiger charge is -2.05. The summed E-state index contributed by atoms with van der Waals surface area (Å²) in [7, 11) is 1.81. The number of rotatable bonds is 3. The molecule has 2 aliphatic carbocycles. The normalized spacial score (nSPS) is 20.9. The predicted octanol–water partition coefficient (Wildman–Crippen LogP) is 2.53. The first-order chi connectivity index (χ1) is 6.84. The second-order valence-electron chi connectivity index (χ2n) is 4.39. The van der Waals surface area contributed by atoms with Gasteiger partial charge in [-0.05, 0) is 19.9 Å². The van der Waals surface area contributed by atoms with E-state index in [2.05, 4.69) is 5.32 Å². The van der Waals surface area contributed by atoms with Gasteiger partial charge in [-0.15, -0.1) is 0 Å². The molecule has 2 heteroatoms. The lowest BCUT2D eigenvalue weighted by Crippen LogP contribution is -2.19. The minimum atomic E-state index is 0.382. The van der Waals surface area contributed by atoms with E-state index in [4.69, 9.17) is 0 Å². The molecule has 0 aliphatic heterocycles. The highest BCUT2D eigenvalue weighted by atomic mass is 16.1. The summed E-state index contributed by atoms with van der Waals surface area (Å²) in [6.45, 7) is 0.560. The smallest absolute Gasteiger partial charge is 0.149 e. The van der Waals surface area contributed by atoms with Gasteiger partial charge in [0.25, 0.3) is 0 Å². The number of nitrogens with one attached hydrogen (secondary N) is 1. The zero-order valence-electron chi connectivity index (χ0n) is 9.35. The Bertz CT molecular complexity index is 148. The predicted molar refractivity (Wildman–Crippen MR) is 59.4 cm³/mol. The minimum Gasteiger partial charge on any atom is -0.313 e. The molecule has 0 radical (unpaired) electrons. The van der Waals surface area contributed by atoms with E-state index in [1.807, 2.05) is 0 Å². The van der Waals surface area contributed by atoms with Crippen molar-refractivity contribution in [2.75, 3.05) is 13.6 Å². The van der Waals surface area contributed by atoms with Gasteiger partial charge in [-0.25, -0.2) is 0 Å². The molecule has 0 atom stereocenters. The topological polar surface area (TPSA) is 29.1 Å². The Morgan fingerprint density at radius 2 is 1.50 bits per heavy atom. The highest BCUT2D eigenvalue weighted by Crippen LogP contribution is 2.29. The molecule has 2 rings (SSSR count). The van der Waals surface area contributed by atoms with Crippen LogP contribution in [0, 0.1) is 5.92 Å². The van der Waals surface area contributed by atoms with Crippen molar-refractivity contribution in [2.45, 2.75) is 51.4 Å². The van der Waals surface area contributed by atoms with Crippen LogP contribution in [0.3, 0.4) is 0 Å². The van der Waals surface area contributed by atoms with Crippen molar-refractivity contribution in [3.8, 4) is 0 Å². The van der Waals surface area contributed by atoms with Gasteiger partial charge >= 0.3 is 0 Å². The molecule has 2 aliphatic rings. The van der Waals surface area contributed by atoms with Gasteiger partial charge in [0.2, 0.25) is 0 Å². The molecule has 0 aromatic rings. The average Bonchev–Trinajstić information content (AvgIpc) is 3.05. The number of Topliss-reactive ketones (excluding diaryl/α,β-unsaturated/α-hetero) is 1. The molecule has 82 valence electrons. The standard InChI is InChI=1S/C6H11NO.C6H12/c1-7-4-6(8)5-2-3-5;1-2-4-6-5-3-1/h5,7H,2-4H2,1H3;1-6H2. The average molecular weight is 197 g/mol. The molecule has 1 N–H and O–H groups in total. The number of hydrogen-bond donors (Lipinski definition) is 1. The Morgan fingerprint density at radius 1 is 1.07 bits per heavy atom. The van der Waals surface area contributed by atoms with Crippen molar-refractivity contribution in [1.82, 2.24) is 5.32 Å². The fourth-order valence-electron chi connectivity index (χ4n) is 1.78. The molecule has 0 heterocycles. The summed E-state index contributed by atoms with van der Waals surface area (Å²) in [4.78, 5) is 10.7. The Kier molecular flexibility index (Phi) is 5.85. The van der Waals surface area contributed by atoms with Crippen LogP contribution in [0.4, 0.5) is 0 Å². The molecule has 0 saturated heterocycles. The Hall–Kier alpha value is -0.370. The van der Waals surface area contributed by atoms with Gasteiger partial charge in [0.1, 0.15) is 5.78 Å². The van der Waals surface area contributed by atoms with Gasteiger partial charge in [-0.1, -0.05) is 38.5 Å². The molecule has 14 heavy (non-hydrogen) atoms. The zero-order valence-corrected chi connectivity index (χ0v) is 9.35. The van der Waals surface area contributed by atoms with Crippen molar-refractivity contribution in [1.29, 1.82) is 0 Å². The van der Waals surface area contributed by atoms with E-state index < -0.39 is 0 Å². The van der Waals surface area contributed by atoms with Crippen LogP contribution in [-0.2, 0) is 4.79 Å². The van der Waals surface area contributed by atoms with Crippen molar-refractivity contribution in [2.24, 2.45) is 5.92 Å². The lowest BCUT2D eigenvalue weighted by atomic mass is 10.0. The number of likely N-dealkylation sites (N-methyl/N-ethyl adjacent to an activating group) is 1. The number of carbonyl (C=O) groups excluding carboxylic acids is 1. The highest BCUT2D eigenvalue weighted by Gasteiger charge is 2.28. The van der Waals surface area contributed by atoms with Gasteiger partial charge in [0, 0.05) is 5.92 Å². The molecule has 2 fully saturated rings. The van der Waals surface area contributed by atoms with Gasteiger partial charge in [0.15, 0.2) is 0 Å². The van der Waals surface area contributed by atoms with E-state index in [0.29, 0.717) is 18.2 Å². The van der Waals surface area contributed by atoms with Gasteiger partial charge in [-0.3, -0.25) is 4.79 Å². The lowest BCUT2D eigenvalue weighted by molar-refractivity contribution is -0.119. The third-order valence-electron chi connectivity index (χ3n) is 2.88. The maximum atomic E-state index is 10.7. The minimum absolute atomic E-state index is 0.382. The van der Waals surface area contributed by atoms with Crippen LogP contribution >= 0.6 is 0 Å². The number of carbonyl (C=O) groups is 1. The van der Waals surface area contributed by atoms with E-state index in [1.54, 1.807) is 7.05 Å². The van der Waals surface area contributed by atoms with E-state index in [9.17, 15) is 4.79 Å². The van der Waals surface area contributed by atoms with E-state index in [0.717, 1.165) is 12.8 Å². The zero-order chi connectivity index (χ0) is 10.2. The maximum absolute atomic E-state index is 10.7. The van der Waals surface area contributed by atoms with Gasteiger partial charge in [-0.2, -0.15) is 0 Å². The van der Waals surface area contributed by atoms with Gasteiger partial charge in [0.05, 0.1) is 6.54 Å². The van der Waals surface area contributed by atoms with E-state index >= 15 is 0 Å². The van der Waals surface area contributed by atoms with Crippen LogP contribution in [0.15, 0.2) is 0 Å². The first-order valence-electron chi connectivity index (χ1n) is 6.02. The molecule has 0 aromatic heterocycles. The van der Waals surface area contributed by atoms with Crippen molar-refractivity contribution in [3.63, 3.8) is 0 Å². The SMILES string of the molecule is C1CCCCC1.CNCC(=O)C1CC1.